The maximum atomic E-state index is 13.2. The Morgan fingerprint density at radius 1 is 1.11 bits per heavy atom. The van der Waals surface area contributed by atoms with Gasteiger partial charge in [-0.2, -0.15) is 13.2 Å². The lowest BCUT2D eigenvalue weighted by Crippen LogP contribution is -2.31. The molecule has 2 heterocycles. The van der Waals surface area contributed by atoms with E-state index in [1.54, 1.807) is 4.57 Å². The van der Waals surface area contributed by atoms with Crippen LogP contribution in [0.15, 0.2) is 54.6 Å². The number of benzene rings is 2. The third-order valence-electron chi connectivity index (χ3n) is 5.84. The minimum Gasteiger partial charge on any atom is -0.373 e. The minimum absolute atomic E-state index is 0.0395. The van der Waals surface area contributed by atoms with E-state index in [1.165, 1.54) is 6.07 Å². The maximum absolute atomic E-state index is 13.2. The Morgan fingerprint density at radius 2 is 1.86 bits per heavy atom. The summed E-state index contributed by atoms with van der Waals surface area (Å²) in [5, 5.41) is 5.41. The molecule has 2 aromatic carbocycles. The topological polar surface area (TPSA) is 72.4 Å². The van der Waals surface area contributed by atoms with Crippen LogP contribution in [-0.4, -0.2) is 23.0 Å². The fraction of sp³-hybridized carbons (Fsp3) is 0.280. The predicted octanol–water partition coefficient (Wildman–Crippen LogP) is 5.82. The van der Waals surface area contributed by atoms with E-state index in [4.69, 9.17) is 16.3 Å². The second-order valence-electron chi connectivity index (χ2n) is 8.09. The van der Waals surface area contributed by atoms with Crippen LogP contribution in [0.2, 0.25) is 5.02 Å². The predicted molar refractivity (Wildman–Crippen MR) is 125 cm³/mol. The van der Waals surface area contributed by atoms with Crippen molar-refractivity contribution in [3.05, 3.63) is 87.7 Å². The molecule has 1 aromatic heterocycles. The Hall–Kier alpha value is -3.30. The van der Waals surface area contributed by atoms with E-state index in [9.17, 15) is 22.8 Å². The average Bonchev–Trinajstić information content (AvgIpc) is 3.23. The lowest BCUT2D eigenvalue weighted by Gasteiger charge is -2.21. The van der Waals surface area contributed by atoms with Crippen LogP contribution in [0.3, 0.4) is 0 Å². The molecule has 3 aromatic rings. The molecular weight excluding hydrogens is 483 g/mol. The number of anilines is 1. The molecule has 0 fully saturated rings. The van der Waals surface area contributed by atoms with Crippen LogP contribution in [-0.2, 0) is 24.1 Å². The number of nitrogens with zero attached hydrogens (tertiary/aromatic N) is 1. The number of hydrogen-bond acceptors (Lipinski definition) is 3. The summed E-state index contributed by atoms with van der Waals surface area (Å²) in [5.41, 5.74) is 0.716. The molecular formula is C25H23ClF3N3O3. The Bertz CT molecular complexity index is 1240. The summed E-state index contributed by atoms with van der Waals surface area (Å²) in [7, 11) is 0. The molecule has 2 amide bonds. The van der Waals surface area contributed by atoms with Gasteiger partial charge in [0.25, 0.3) is 11.8 Å². The lowest BCUT2D eigenvalue weighted by atomic mass is 10.0. The van der Waals surface area contributed by atoms with E-state index in [0.717, 1.165) is 23.8 Å². The van der Waals surface area contributed by atoms with Crippen LogP contribution in [0, 0.1) is 0 Å². The first-order valence-corrected chi connectivity index (χ1v) is 11.4. The van der Waals surface area contributed by atoms with E-state index in [-0.39, 0.29) is 40.5 Å². The number of alkyl halides is 3. The molecule has 2 N–H and O–H groups in total. The van der Waals surface area contributed by atoms with E-state index >= 15 is 0 Å². The van der Waals surface area contributed by atoms with Gasteiger partial charge in [-0.05, 0) is 36.2 Å². The van der Waals surface area contributed by atoms with E-state index < -0.39 is 17.6 Å². The molecule has 0 aliphatic carbocycles. The fourth-order valence-corrected chi connectivity index (χ4v) is 4.20. The molecule has 1 atom stereocenters. The number of amides is 2. The highest BCUT2D eigenvalue weighted by molar-refractivity contribution is 6.34. The Labute approximate surface area is 205 Å². The first-order chi connectivity index (χ1) is 16.7. The molecule has 0 bridgehead atoms. The van der Waals surface area contributed by atoms with Gasteiger partial charge in [0.05, 0.1) is 46.8 Å². The molecule has 10 heteroatoms. The van der Waals surface area contributed by atoms with Crippen molar-refractivity contribution in [2.75, 3.05) is 11.9 Å². The van der Waals surface area contributed by atoms with Gasteiger partial charge in [0.2, 0.25) is 0 Å². The van der Waals surface area contributed by atoms with Crippen molar-refractivity contribution < 1.29 is 27.5 Å². The summed E-state index contributed by atoms with van der Waals surface area (Å²) in [6.07, 6.45) is -3.93. The first-order valence-electron chi connectivity index (χ1n) is 11.0. The molecule has 1 unspecified atom stereocenters. The number of ether oxygens (including phenoxy) is 1. The summed E-state index contributed by atoms with van der Waals surface area (Å²) >= 11 is 6.03. The summed E-state index contributed by atoms with van der Waals surface area (Å²) in [4.78, 5) is 26.3. The highest BCUT2D eigenvalue weighted by atomic mass is 35.5. The van der Waals surface area contributed by atoms with Crippen LogP contribution >= 0.6 is 11.6 Å². The second kappa shape index (κ2) is 10.1. The smallest absolute Gasteiger partial charge is 0.373 e. The molecule has 0 spiro atoms. The quantitative estimate of drug-likeness (QED) is 0.443. The number of carbonyl (C=O) groups excluding carboxylic acids is 2. The van der Waals surface area contributed by atoms with Gasteiger partial charge in [-0.1, -0.05) is 48.9 Å². The third-order valence-corrected chi connectivity index (χ3v) is 6.17. The van der Waals surface area contributed by atoms with Gasteiger partial charge in [-0.15, -0.1) is 0 Å². The highest BCUT2D eigenvalue weighted by Crippen LogP contribution is 2.34. The van der Waals surface area contributed by atoms with Gasteiger partial charge in [0.15, 0.2) is 0 Å². The first kappa shape index (κ1) is 24.8. The van der Waals surface area contributed by atoms with Crippen LogP contribution < -0.4 is 10.6 Å². The summed E-state index contributed by atoms with van der Waals surface area (Å²) in [5.74, 6) is -1.05. The van der Waals surface area contributed by atoms with Crippen LogP contribution in [0.25, 0.3) is 0 Å². The minimum atomic E-state index is -4.59. The van der Waals surface area contributed by atoms with Crippen LogP contribution in [0.1, 0.15) is 57.1 Å². The molecule has 4 rings (SSSR count). The van der Waals surface area contributed by atoms with Gasteiger partial charge in [0, 0.05) is 6.54 Å². The number of rotatable bonds is 6. The van der Waals surface area contributed by atoms with E-state index in [2.05, 4.69) is 10.6 Å². The van der Waals surface area contributed by atoms with Crippen molar-refractivity contribution in [2.24, 2.45) is 0 Å². The standard InChI is InChI=1S/C25H23ClF3N3O3/c1-2-19(15-6-4-3-5-7-15)30-24(34)21-13-17(22-14-35-11-10-32(21)22)23(33)31-20-12-16(25(27,28)29)8-9-18(20)26/h3-9,12-13,19H,2,10-11,14H2,1H3,(H,30,34)(H,31,33). The van der Waals surface area contributed by atoms with Crippen molar-refractivity contribution in [1.82, 2.24) is 9.88 Å². The SMILES string of the molecule is CCC(NC(=O)c1cc(C(=O)Nc2cc(C(F)(F)F)ccc2Cl)c2n1CCOC2)c1ccccc1. The second-order valence-corrected chi connectivity index (χ2v) is 8.49. The molecule has 0 saturated carbocycles. The molecule has 35 heavy (non-hydrogen) atoms. The Morgan fingerprint density at radius 3 is 2.54 bits per heavy atom. The Kier molecular flexibility index (Phi) is 7.18. The highest BCUT2D eigenvalue weighted by Gasteiger charge is 2.32. The van der Waals surface area contributed by atoms with Crippen LogP contribution in [0.5, 0.6) is 0 Å². The largest absolute Gasteiger partial charge is 0.416 e. The van der Waals surface area contributed by atoms with Gasteiger partial charge in [-0.3, -0.25) is 9.59 Å². The zero-order valence-corrected chi connectivity index (χ0v) is 19.5. The zero-order valence-electron chi connectivity index (χ0n) is 18.8. The van der Waals surface area contributed by atoms with E-state index in [0.29, 0.717) is 25.3 Å². The summed E-state index contributed by atoms with van der Waals surface area (Å²) in [6, 6.07) is 13.4. The van der Waals surface area contributed by atoms with E-state index in [1.807, 2.05) is 37.3 Å². The number of hydrogen-bond donors (Lipinski definition) is 2. The molecule has 1 aliphatic rings. The van der Waals surface area contributed by atoms with Crippen molar-refractivity contribution in [3.8, 4) is 0 Å². The number of halogens is 4. The molecule has 184 valence electrons. The van der Waals surface area contributed by atoms with Gasteiger partial charge in [-0.25, -0.2) is 0 Å². The number of aromatic nitrogens is 1. The van der Waals surface area contributed by atoms with Gasteiger partial charge in [0.1, 0.15) is 5.69 Å². The van der Waals surface area contributed by atoms with Crippen molar-refractivity contribution in [3.63, 3.8) is 0 Å². The summed E-state index contributed by atoms with van der Waals surface area (Å²) in [6.45, 7) is 2.76. The Balaban J connectivity index is 1.62. The molecule has 6 nitrogen and oxygen atoms in total. The maximum Gasteiger partial charge on any atom is 0.416 e. The molecule has 0 radical (unpaired) electrons. The number of carbonyl (C=O) groups is 2. The van der Waals surface area contributed by atoms with Crippen molar-refractivity contribution in [2.45, 2.75) is 38.7 Å². The normalized spacial score (nSPS) is 14.2. The van der Waals surface area contributed by atoms with Crippen molar-refractivity contribution in [1.29, 1.82) is 0 Å². The summed E-state index contributed by atoms with van der Waals surface area (Å²) < 4.78 is 46.5. The lowest BCUT2D eigenvalue weighted by molar-refractivity contribution is -0.137. The molecule has 0 saturated heterocycles. The third kappa shape index (κ3) is 5.36. The van der Waals surface area contributed by atoms with Crippen molar-refractivity contribution >= 4 is 29.1 Å². The zero-order chi connectivity index (χ0) is 25.2. The number of fused-ring (bicyclic) bond motifs is 1. The fourth-order valence-electron chi connectivity index (χ4n) is 4.03. The monoisotopic (exact) mass is 505 g/mol. The van der Waals surface area contributed by atoms with Crippen LogP contribution in [0.4, 0.5) is 18.9 Å². The molecule has 1 aliphatic heterocycles. The van der Waals surface area contributed by atoms with Gasteiger partial charge >= 0.3 is 6.18 Å². The van der Waals surface area contributed by atoms with Gasteiger partial charge < -0.3 is 19.9 Å². The number of nitrogens with one attached hydrogen (secondary N) is 2. The average molecular weight is 506 g/mol.